The molecule has 0 bridgehead atoms. The van der Waals surface area contributed by atoms with Crippen LogP contribution in [0.1, 0.15) is 6.92 Å². The summed E-state index contributed by atoms with van der Waals surface area (Å²) in [5, 5.41) is 6.23. The molecule has 5 nitrogen and oxygen atoms in total. The second-order valence-corrected chi connectivity index (χ2v) is 6.38. The number of rotatable bonds is 4. The molecule has 0 N–H and O–H groups in total. The molecule has 0 aliphatic carbocycles. The van der Waals surface area contributed by atoms with Crippen LogP contribution in [0, 0.1) is 0 Å². The Bertz CT molecular complexity index is 1080. The van der Waals surface area contributed by atoms with E-state index in [4.69, 9.17) is 32.9 Å². The largest absolute Gasteiger partial charge is 0.477 e. The van der Waals surface area contributed by atoms with Crippen molar-refractivity contribution in [1.29, 1.82) is 0 Å². The highest BCUT2D eigenvalue weighted by Crippen LogP contribution is 2.32. The summed E-state index contributed by atoms with van der Waals surface area (Å²) < 4.78 is 7.48. The van der Waals surface area contributed by atoms with E-state index >= 15 is 0 Å². The van der Waals surface area contributed by atoms with Crippen molar-refractivity contribution in [3.63, 3.8) is 0 Å². The number of para-hydroxylation sites is 1. The first-order valence-corrected chi connectivity index (χ1v) is 8.82. The second-order valence-electron chi connectivity index (χ2n) is 5.54. The number of nitrogens with zero attached hydrogens (tertiary/aromatic N) is 4. The van der Waals surface area contributed by atoms with E-state index in [1.807, 2.05) is 37.3 Å². The highest BCUT2D eigenvalue weighted by atomic mass is 35.5. The van der Waals surface area contributed by atoms with Gasteiger partial charge in [-0.05, 0) is 37.3 Å². The molecule has 0 aliphatic rings. The minimum absolute atomic E-state index is 0.459. The van der Waals surface area contributed by atoms with Gasteiger partial charge < -0.3 is 4.74 Å². The van der Waals surface area contributed by atoms with E-state index in [1.54, 1.807) is 29.1 Å². The molecule has 4 aromatic rings. The summed E-state index contributed by atoms with van der Waals surface area (Å²) in [4.78, 5) is 9.24. The third kappa shape index (κ3) is 3.00. The Morgan fingerprint density at radius 3 is 2.58 bits per heavy atom. The van der Waals surface area contributed by atoms with E-state index in [0.717, 1.165) is 11.1 Å². The number of benzene rings is 2. The summed E-state index contributed by atoms with van der Waals surface area (Å²) in [5.41, 5.74) is 2.23. The molecule has 0 spiro atoms. The number of hydrogen-bond acceptors (Lipinski definition) is 4. The maximum absolute atomic E-state index is 6.35. The smallest absolute Gasteiger partial charge is 0.228 e. The number of ether oxygens (including phenoxy) is 1. The zero-order chi connectivity index (χ0) is 18.1. The number of aromatic nitrogens is 4. The molecular weight excluding hydrogens is 371 g/mol. The molecule has 0 atom stereocenters. The Morgan fingerprint density at radius 2 is 1.85 bits per heavy atom. The molecule has 26 heavy (non-hydrogen) atoms. The van der Waals surface area contributed by atoms with Crippen LogP contribution in [0.2, 0.25) is 10.0 Å². The molecule has 2 heterocycles. The van der Waals surface area contributed by atoms with Crippen LogP contribution in [-0.4, -0.2) is 26.4 Å². The summed E-state index contributed by atoms with van der Waals surface area (Å²) in [5.74, 6) is 0.931. The van der Waals surface area contributed by atoms with Crippen molar-refractivity contribution < 1.29 is 4.74 Å². The third-order valence-corrected chi connectivity index (χ3v) is 4.40. The van der Waals surface area contributed by atoms with Gasteiger partial charge in [-0.25, -0.2) is 9.67 Å². The molecule has 7 heteroatoms. The first-order chi connectivity index (χ1) is 12.7. The SMILES string of the molecule is CCOc1nc(-c2ccc(Cl)cc2Cl)nc2c1cnn2-c1ccccc1. The average Bonchev–Trinajstić information content (AvgIpc) is 3.07. The van der Waals surface area contributed by atoms with Crippen LogP contribution < -0.4 is 4.74 Å². The zero-order valence-electron chi connectivity index (χ0n) is 13.9. The predicted molar refractivity (Wildman–Crippen MR) is 103 cm³/mol. The first-order valence-electron chi connectivity index (χ1n) is 8.07. The van der Waals surface area contributed by atoms with E-state index in [2.05, 4.69) is 10.1 Å². The van der Waals surface area contributed by atoms with Gasteiger partial charge in [-0.1, -0.05) is 41.4 Å². The second kappa shape index (κ2) is 6.94. The Labute approximate surface area is 160 Å². The minimum atomic E-state index is 0.459. The van der Waals surface area contributed by atoms with Gasteiger partial charge in [0, 0.05) is 10.6 Å². The van der Waals surface area contributed by atoms with E-state index in [-0.39, 0.29) is 0 Å². The standard InChI is InChI=1S/C19H14Cl2N4O/c1-2-26-19-15-11-22-25(13-6-4-3-5-7-13)18(15)23-17(24-19)14-9-8-12(20)10-16(14)21/h3-11H,2H2,1H3. The Hall–Kier alpha value is -2.63. The Balaban J connectivity index is 1.97. The fraction of sp³-hybridized carbons (Fsp3) is 0.105. The van der Waals surface area contributed by atoms with Crippen LogP contribution in [0.3, 0.4) is 0 Å². The summed E-state index contributed by atoms with van der Waals surface area (Å²) in [6, 6.07) is 15.0. The molecule has 0 fully saturated rings. The lowest BCUT2D eigenvalue weighted by Gasteiger charge is -2.09. The summed E-state index contributed by atoms with van der Waals surface area (Å²) in [6.07, 6.45) is 1.71. The van der Waals surface area contributed by atoms with Gasteiger partial charge in [-0.2, -0.15) is 10.1 Å². The summed E-state index contributed by atoms with van der Waals surface area (Å²) >= 11 is 12.4. The van der Waals surface area contributed by atoms with Gasteiger partial charge in [-0.15, -0.1) is 0 Å². The first kappa shape index (κ1) is 16.8. The van der Waals surface area contributed by atoms with Crippen LogP contribution in [0.5, 0.6) is 5.88 Å². The zero-order valence-corrected chi connectivity index (χ0v) is 15.4. The maximum atomic E-state index is 6.35. The summed E-state index contributed by atoms with van der Waals surface area (Å²) in [7, 11) is 0. The molecule has 4 rings (SSSR count). The van der Waals surface area contributed by atoms with Gasteiger partial charge in [0.05, 0.1) is 23.5 Å². The van der Waals surface area contributed by atoms with Crippen molar-refractivity contribution in [3.05, 3.63) is 64.8 Å². The number of hydrogen-bond donors (Lipinski definition) is 0. The van der Waals surface area contributed by atoms with Crippen LogP contribution >= 0.6 is 23.2 Å². The van der Waals surface area contributed by atoms with E-state index in [0.29, 0.717) is 39.6 Å². The maximum Gasteiger partial charge on any atom is 0.228 e. The minimum Gasteiger partial charge on any atom is -0.477 e. The highest BCUT2D eigenvalue weighted by molar-refractivity contribution is 6.36. The lowest BCUT2D eigenvalue weighted by molar-refractivity contribution is 0.331. The quantitative estimate of drug-likeness (QED) is 0.485. The molecule has 0 amide bonds. The third-order valence-electron chi connectivity index (χ3n) is 3.85. The monoisotopic (exact) mass is 384 g/mol. The fourth-order valence-electron chi connectivity index (χ4n) is 2.68. The van der Waals surface area contributed by atoms with Crippen molar-refractivity contribution in [3.8, 4) is 23.0 Å². The number of fused-ring (bicyclic) bond motifs is 1. The molecule has 0 saturated carbocycles. The van der Waals surface area contributed by atoms with E-state index in [9.17, 15) is 0 Å². The van der Waals surface area contributed by atoms with Gasteiger partial charge >= 0.3 is 0 Å². The molecule has 0 aliphatic heterocycles. The fourth-order valence-corrected chi connectivity index (χ4v) is 3.17. The number of halogens is 2. The molecular formula is C19H14Cl2N4O. The van der Waals surface area contributed by atoms with E-state index < -0.39 is 0 Å². The highest BCUT2D eigenvalue weighted by Gasteiger charge is 2.17. The van der Waals surface area contributed by atoms with Crippen molar-refractivity contribution in [1.82, 2.24) is 19.7 Å². The Kier molecular flexibility index (Phi) is 4.49. The van der Waals surface area contributed by atoms with Gasteiger partial charge in [0.25, 0.3) is 0 Å². The lowest BCUT2D eigenvalue weighted by Crippen LogP contribution is -2.02. The van der Waals surface area contributed by atoms with Crippen LogP contribution in [0.25, 0.3) is 28.1 Å². The van der Waals surface area contributed by atoms with Crippen molar-refractivity contribution in [2.75, 3.05) is 6.61 Å². The van der Waals surface area contributed by atoms with Crippen molar-refractivity contribution >= 4 is 34.2 Å². The predicted octanol–water partition coefficient (Wildman–Crippen LogP) is 5.19. The van der Waals surface area contributed by atoms with Gasteiger partial charge in [0.2, 0.25) is 5.88 Å². The van der Waals surface area contributed by atoms with Crippen LogP contribution in [0.4, 0.5) is 0 Å². The van der Waals surface area contributed by atoms with Gasteiger partial charge in [-0.3, -0.25) is 0 Å². The normalized spacial score (nSPS) is 11.0. The molecule has 0 unspecified atom stereocenters. The van der Waals surface area contributed by atoms with Crippen molar-refractivity contribution in [2.24, 2.45) is 0 Å². The average molecular weight is 385 g/mol. The van der Waals surface area contributed by atoms with Crippen LogP contribution in [0.15, 0.2) is 54.7 Å². The molecule has 130 valence electrons. The van der Waals surface area contributed by atoms with Crippen molar-refractivity contribution in [2.45, 2.75) is 6.92 Å². The van der Waals surface area contributed by atoms with Gasteiger partial charge in [0.15, 0.2) is 11.5 Å². The van der Waals surface area contributed by atoms with E-state index in [1.165, 1.54) is 0 Å². The Morgan fingerprint density at radius 1 is 1.04 bits per heavy atom. The van der Waals surface area contributed by atoms with Gasteiger partial charge in [0.1, 0.15) is 5.39 Å². The van der Waals surface area contributed by atoms with Crippen LogP contribution in [-0.2, 0) is 0 Å². The molecule has 2 aromatic carbocycles. The molecule has 0 saturated heterocycles. The lowest BCUT2D eigenvalue weighted by atomic mass is 10.2. The topological polar surface area (TPSA) is 52.8 Å². The molecule has 2 aromatic heterocycles. The molecule has 0 radical (unpaired) electrons. The summed E-state index contributed by atoms with van der Waals surface area (Å²) in [6.45, 7) is 2.39.